The quantitative estimate of drug-likeness (QED) is 0.786. The molecule has 2 rings (SSSR count). The van der Waals surface area contributed by atoms with Crippen LogP contribution in [0.4, 0.5) is 0 Å². The minimum Gasteiger partial charge on any atom is -0.342 e. The highest BCUT2D eigenvalue weighted by Crippen LogP contribution is 2.17. The lowest BCUT2D eigenvalue weighted by Gasteiger charge is -2.16. The Morgan fingerprint density at radius 3 is 2.90 bits per heavy atom. The zero-order valence-electron chi connectivity index (χ0n) is 11.9. The molecule has 2 heterocycles. The third-order valence-corrected chi connectivity index (χ3v) is 4.80. The fourth-order valence-electron chi connectivity index (χ4n) is 2.62. The van der Waals surface area contributed by atoms with Crippen LogP contribution in [0.25, 0.3) is 0 Å². The first-order valence-electron chi connectivity index (χ1n) is 7.30. The Balaban J connectivity index is 0.00000200. The Morgan fingerprint density at radius 1 is 1.40 bits per heavy atom. The molecule has 20 heavy (non-hydrogen) atoms. The van der Waals surface area contributed by atoms with Crippen molar-refractivity contribution in [2.24, 2.45) is 11.7 Å². The van der Waals surface area contributed by atoms with Crippen LogP contribution in [0.15, 0.2) is 17.5 Å². The highest BCUT2D eigenvalue weighted by molar-refractivity contribution is 7.09. The number of hydrogen-bond acceptors (Lipinski definition) is 3. The molecule has 0 radical (unpaired) electrons. The molecule has 0 saturated carbocycles. The number of aryl methyl sites for hydroxylation is 1. The minimum absolute atomic E-state index is 0. The zero-order valence-corrected chi connectivity index (χ0v) is 13.6. The first-order valence-corrected chi connectivity index (χ1v) is 8.18. The molecule has 1 atom stereocenters. The Morgan fingerprint density at radius 2 is 2.25 bits per heavy atom. The van der Waals surface area contributed by atoms with Gasteiger partial charge in [0, 0.05) is 24.4 Å². The monoisotopic (exact) mass is 316 g/mol. The van der Waals surface area contributed by atoms with E-state index in [0.29, 0.717) is 24.8 Å². The van der Waals surface area contributed by atoms with Crippen LogP contribution in [0.3, 0.4) is 0 Å². The van der Waals surface area contributed by atoms with Crippen LogP contribution in [0, 0.1) is 5.92 Å². The number of hydrogen-bond donors (Lipinski definition) is 1. The fraction of sp³-hybridized carbons (Fsp3) is 0.667. The van der Waals surface area contributed by atoms with Crippen LogP contribution < -0.4 is 5.73 Å². The molecule has 0 bridgehead atoms. The maximum absolute atomic E-state index is 12.0. The van der Waals surface area contributed by atoms with Gasteiger partial charge in [0.05, 0.1) is 0 Å². The maximum Gasteiger partial charge on any atom is 0.222 e. The third kappa shape index (κ3) is 5.43. The van der Waals surface area contributed by atoms with Gasteiger partial charge in [0.1, 0.15) is 0 Å². The molecule has 0 aliphatic carbocycles. The average molecular weight is 317 g/mol. The molecule has 0 aromatic carbocycles. The van der Waals surface area contributed by atoms with Gasteiger partial charge in [-0.2, -0.15) is 0 Å². The molecule has 5 heteroatoms. The van der Waals surface area contributed by atoms with E-state index in [9.17, 15) is 4.79 Å². The molecular weight excluding hydrogens is 292 g/mol. The van der Waals surface area contributed by atoms with Crippen molar-refractivity contribution in [3.8, 4) is 0 Å². The van der Waals surface area contributed by atoms with E-state index < -0.39 is 0 Å². The second-order valence-electron chi connectivity index (χ2n) is 5.37. The molecule has 1 aliphatic rings. The molecule has 2 N–H and O–H groups in total. The van der Waals surface area contributed by atoms with Crippen molar-refractivity contribution in [2.75, 3.05) is 19.6 Å². The number of thiophene rings is 1. The smallest absolute Gasteiger partial charge is 0.222 e. The number of unbranched alkanes of at least 4 members (excludes halogenated alkanes) is 2. The second kappa shape index (κ2) is 9.37. The van der Waals surface area contributed by atoms with Crippen molar-refractivity contribution in [1.29, 1.82) is 0 Å². The predicted molar refractivity (Wildman–Crippen MR) is 87.5 cm³/mol. The number of nitrogens with two attached hydrogens (primary N) is 1. The molecule has 1 aromatic heterocycles. The zero-order chi connectivity index (χ0) is 13.5. The predicted octanol–water partition coefficient (Wildman–Crippen LogP) is 3.08. The number of halogens is 1. The van der Waals surface area contributed by atoms with E-state index in [1.807, 2.05) is 16.2 Å². The molecule has 1 unspecified atom stereocenters. The van der Waals surface area contributed by atoms with Crippen molar-refractivity contribution >= 4 is 29.7 Å². The summed E-state index contributed by atoms with van der Waals surface area (Å²) >= 11 is 1.82. The molecule has 1 amide bonds. The van der Waals surface area contributed by atoms with Gasteiger partial charge in [0.25, 0.3) is 0 Å². The normalized spacial score (nSPS) is 18.1. The summed E-state index contributed by atoms with van der Waals surface area (Å²) in [5.74, 6) is 0.856. The largest absolute Gasteiger partial charge is 0.342 e. The van der Waals surface area contributed by atoms with Gasteiger partial charge in [-0.3, -0.25) is 4.79 Å². The molecule has 3 nitrogen and oxygen atoms in total. The number of carbonyl (C=O) groups is 1. The summed E-state index contributed by atoms with van der Waals surface area (Å²) in [5, 5.41) is 2.13. The summed E-state index contributed by atoms with van der Waals surface area (Å²) in [4.78, 5) is 15.4. The van der Waals surface area contributed by atoms with Crippen LogP contribution in [-0.2, 0) is 11.2 Å². The summed E-state index contributed by atoms with van der Waals surface area (Å²) in [7, 11) is 0. The fourth-order valence-corrected chi connectivity index (χ4v) is 3.37. The SMILES string of the molecule is Cl.NCC1CCN(C(=O)CCCCCc2cccs2)C1. The Labute approximate surface area is 131 Å². The standard InChI is InChI=1S/C15H24N2OS.ClH/c16-11-13-8-9-17(12-13)15(18)7-3-1-2-5-14-6-4-10-19-14;/h4,6,10,13H,1-3,5,7-9,11-12,16H2;1H. The van der Waals surface area contributed by atoms with Crippen LogP contribution in [0.5, 0.6) is 0 Å². The molecule has 1 aromatic rings. The van der Waals surface area contributed by atoms with E-state index in [0.717, 1.165) is 38.8 Å². The Bertz CT molecular complexity index is 383. The van der Waals surface area contributed by atoms with Crippen molar-refractivity contribution in [1.82, 2.24) is 4.90 Å². The molecule has 0 spiro atoms. The summed E-state index contributed by atoms with van der Waals surface area (Å²) in [6.45, 7) is 2.50. The molecule has 1 saturated heterocycles. The summed E-state index contributed by atoms with van der Waals surface area (Å²) in [6.07, 6.45) is 6.32. The molecule has 1 fully saturated rings. The number of carbonyl (C=O) groups excluding carboxylic acids is 1. The Hall–Kier alpha value is -0.580. The number of nitrogens with zero attached hydrogens (tertiary/aromatic N) is 1. The first-order chi connectivity index (χ1) is 9.29. The van der Waals surface area contributed by atoms with E-state index in [-0.39, 0.29) is 12.4 Å². The van der Waals surface area contributed by atoms with E-state index in [4.69, 9.17) is 5.73 Å². The van der Waals surface area contributed by atoms with Gasteiger partial charge in [-0.15, -0.1) is 23.7 Å². The minimum atomic E-state index is 0. The highest BCUT2D eigenvalue weighted by atomic mass is 35.5. The maximum atomic E-state index is 12.0. The van der Waals surface area contributed by atoms with E-state index in [1.165, 1.54) is 11.3 Å². The number of rotatable bonds is 7. The van der Waals surface area contributed by atoms with Crippen molar-refractivity contribution in [2.45, 2.75) is 38.5 Å². The van der Waals surface area contributed by atoms with Gasteiger partial charge in [0.2, 0.25) is 5.91 Å². The van der Waals surface area contributed by atoms with E-state index in [1.54, 1.807) is 0 Å². The van der Waals surface area contributed by atoms with Crippen LogP contribution in [0.2, 0.25) is 0 Å². The van der Waals surface area contributed by atoms with Crippen molar-refractivity contribution in [3.05, 3.63) is 22.4 Å². The summed E-state index contributed by atoms with van der Waals surface area (Å²) in [6, 6.07) is 4.29. The summed E-state index contributed by atoms with van der Waals surface area (Å²) in [5.41, 5.74) is 5.65. The molecule has 114 valence electrons. The van der Waals surface area contributed by atoms with Gasteiger partial charge in [0.15, 0.2) is 0 Å². The van der Waals surface area contributed by atoms with E-state index >= 15 is 0 Å². The van der Waals surface area contributed by atoms with Gasteiger partial charge in [-0.1, -0.05) is 12.5 Å². The molecular formula is C15H25ClN2OS. The lowest BCUT2D eigenvalue weighted by molar-refractivity contribution is -0.130. The Kier molecular flexibility index (Phi) is 8.19. The van der Waals surface area contributed by atoms with Gasteiger partial charge < -0.3 is 10.6 Å². The van der Waals surface area contributed by atoms with Crippen molar-refractivity contribution < 1.29 is 4.79 Å². The topological polar surface area (TPSA) is 46.3 Å². The first kappa shape index (κ1) is 17.5. The second-order valence-corrected chi connectivity index (χ2v) is 6.40. The van der Waals surface area contributed by atoms with Gasteiger partial charge >= 0.3 is 0 Å². The average Bonchev–Trinajstić information content (AvgIpc) is 3.09. The highest BCUT2D eigenvalue weighted by Gasteiger charge is 2.24. The summed E-state index contributed by atoms with van der Waals surface area (Å²) < 4.78 is 0. The lowest BCUT2D eigenvalue weighted by atomic mass is 10.1. The van der Waals surface area contributed by atoms with Crippen LogP contribution >= 0.6 is 23.7 Å². The lowest BCUT2D eigenvalue weighted by Crippen LogP contribution is -2.29. The van der Waals surface area contributed by atoms with Crippen LogP contribution in [0.1, 0.15) is 37.0 Å². The van der Waals surface area contributed by atoms with Gasteiger partial charge in [-0.25, -0.2) is 0 Å². The van der Waals surface area contributed by atoms with Crippen LogP contribution in [-0.4, -0.2) is 30.4 Å². The number of likely N-dealkylation sites (tertiary alicyclic amines) is 1. The van der Waals surface area contributed by atoms with Crippen molar-refractivity contribution in [3.63, 3.8) is 0 Å². The molecule has 1 aliphatic heterocycles. The van der Waals surface area contributed by atoms with Gasteiger partial charge in [-0.05, 0) is 49.6 Å². The third-order valence-electron chi connectivity index (χ3n) is 3.87. The number of amides is 1. The van der Waals surface area contributed by atoms with E-state index in [2.05, 4.69) is 17.5 Å².